The van der Waals surface area contributed by atoms with E-state index in [1.165, 1.54) is 38.8 Å². The van der Waals surface area contributed by atoms with Gasteiger partial charge in [-0.25, -0.2) is 0 Å². The van der Waals surface area contributed by atoms with Gasteiger partial charge in [0.1, 0.15) is 0 Å². The average Bonchev–Trinajstić information content (AvgIpc) is 2.25. The standard InChI is InChI=1S/C13H25N3/c1-14-8-11-6-4-5-7-13(11)16(3)12-9-15(2)10-12/h8,11-13H,4-7,9-10H2,1-3H3/b14-8+/t11?,13-/m0/s1. The molecule has 0 spiro atoms. The maximum atomic E-state index is 4.25. The van der Waals surface area contributed by atoms with Crippen molar-refractivity contribution in [2.45, 2.75) is 37.8 Å². The van der Waals surface area contributed by atoms with Crippen LogP contribution in [0.4, 0.5) is 0 Å². The SMILES string of the molecule is C/N=C/C1CCCC[C@@H]1N(C)C1CN(C)C1. The van der Waals surface area contributed by atoms with Gasteiger partial charge in [0.05, 0.1) is 0 Å². The molecule has 1 aliphatic carbocycles. The van der Waals surface area contributed by atoms with Crippen LogP contribution in [-0.4, -0.2) is 62.3 Å². The van der Waals surface area contributed by atoms with Gasteiger partial charge < -0.3 is 9.89 Å². The van der Waals surface area contributed by atoms with Crippen LogP contribution in [-0.2, 0) is 0 Å². The minimum atomic E-state index is 0.689. The van der Waals surface area contributed by atoms with Crippen LogP contribution >= 0.6 is 0 Å². The molecule has 2 fully saturated rings. The topological polar surface area (TPSA) is 18.8 Å². The molecule has 3 heteroatoms. The van der Waals surface area contributed by atoms with E-state index in [2.05, 4.69) is 35.1 Å². The fraction of sp³-hybridized carbons (Fsp3) is 0.923. The fourth-order valence-electron chi connectivity index (χ4n) is 3.21. The van der Waals surface area contributed by atoms with Crippen molar-refractivity contribution in [3.63, 3.8) is 0 Å². The predicted octanol–water partition coefficient (Wildman–Crippen LogP) is 1.49. The Bertz CT molecular complexity index is 246. The fourth-order valence-corrected chi connectivity index (χ4v) is 3.21. The molecule has 2 aliphatic rings. The summed E-state index contributed by atoms with van der Waals surface area (Å²) < 4.78 is 0. The maximum Gasteiger partial charge on any atom is 0.0350 e. The number of nitrogens with zero attached hydrogens (tertiary/aromatic N) is 3. The van der Waals surface area contributed by atoms with Gasteiger partial charge in [0.15, 0.2) is 0 Å². The largest absolute Gasteiger partial charge is 0.303 e. The second-order valence-corrected chi connectivity index (χ2v) is 5.46. The van der Waals surface area contributed by atoms with Crippen LogP contribution in [0.25, 0.3) is 0 Å². The van der Waals surface area contributed by atoms with Crippen LogP contribution in [0.5, 0.6) is 0 Å². The summed E-state index contributed by atoms with van der Waals surface area (Å²) in [5.74, 6) is 0.689. The van der Waals surface area contributed by atoms with Crippen molar-refractivity contribution in [2.75, 3.05) is 34.2 Å². The van der Waals surface area contributed by atoms with Crippen molar-refractivity contribution in [2.24, 2.45) is 10.9 Å². The molecule has 0 bridgehead atoms. The molecule has 0 aromatic heterocycles. The van der Waals surface area contributed by atoms with Crippen molar-refractivity contribution >= 4 is 6.21 Å². The van der Waals surface area contributed by atoms with Gasteiger partial charge in [-0.05, 0) is 26.9 Å². The van der Waals surface area contributed by atoms with Crippen molar-refractivity contribution in [1.82, 2.24) is 9.80 Å². The van der Waals surface area contributed by atoms with Crippen LogP contribution < -0.4 is 0 Å². The monoisotopic (exact) mass is 223 g/mol. The highest BCUT2D eigenvalue weighted by atomic mass is 15.3. The first kappa shape index (κ1) is 12.1. The second-order valence-electron chi connectivity index (χ2n) is 5.46. The van der Waals surface area contributed by atoms with E-state index in [0.29, 0.717) is 5.92 Å². The van der Waals surface area contributed by atoms with Crippen LogP contribution in [0.3, 0.4) is 0 Å². The van der Waals surface area contributed by atoms with Gasteiger partial charge in [0.25, 0.3) is 0 Å². The van der Waals surface area contributed by atoms with Crippen molar-refractivity contribution < 1.29 is 0 Å². The number of rotatable bonds is 3. The number of hydrogen-bond donors (Lipinski definition) is 0. The summed E-state index contributed by atoms with van der Waals surface area (Å²) in [6, 6.07) is 1.51. The summed E-state index contributed by atoms with van der Waals surface area (Å²) >= 11 is 0. The predicted molar refractivity (Wildman–Crippen MR) is 69.2 cm³/mol. The first-order chi connectivity index (χ1) is 7.72. The lowest BCUT2D eigenvalue weighted by molar-refractivity contribution is 0.0221. The normalized spacial score (nSPS) is 33.5. The zero-order chi connectivity index (χ0) is 11.5. The van der Waals surface area contributed by atoms with E-state index in [1.54, 1.807) is 0 Å². The Morgan fingerprint density at radius 2 is 1.94 bits per heavy atom. The molecule has 0 aromatic carbocycles. The van der Waals surface area contributed by atoms with E-state index in [-0.39, 0.29) is 0 Å². The third-order valence-electron chi connectivity index (χ3n) is 4.27. The van der Waals surface area contributed by atoms with Crippen LogP contribution in [0, 0.1) is 5.92 Å². The molecule has 0 radical (unpaired) electrons. The lowest BCUT2D eigenvalue weighted by Gasteiger charge is -2.47. The summed E-state index contributed by atoms with van der Waals surface area (Å²) in [4.78, 5) is 9.26. The molecule has 92 valence electrons. The van der Waals surface area contributed by atoms with Gasteiger partial charge in [-0.2, -0.15) is 0 Å². The zero-order valence-corrected chi connectivity index (χ0v) is 10.9. The Hall–Kier alpha value is -0.410. The van der Waals surface area contributed by atoms with Gasteiger partial charge in [-0.15, -0.1) is 0 Å². The van der Waals surface area contributed by atoms with Crippen molar-refractivity contribution in [1.29, 1.82) is 0 Å². The van der Waals surface area contributed by atoms with Gasteiger partial charge in [0, 0.05) is 44.4 Å². The number of likely N-dealkylation sites (tertiary alicyclic amines) is 1. The first-order valence-electron chi connectivity index (χ1n) is 6.55. The van der Waals surface area contributed by atoms with Crippen LogP contribution in [0.2, 0.25) is 0 Å². The van der Waals surface area contributed by atoms with Gasteiger partial charge >= 0.3 is 0 Å². The third-order valence-corrected chi connectivity index (χ3v) is 4.27. The molecule has 1 saturated carbocycles. The Labute approximate surface area is 99.5 Å². The Morgan fingerprint density at radius 1 is 1.25 bits per heavy atom. The summed E-state index contributed by atoms with van der Waals surface area (Å²) in [6.07, 6.45) is 7.64. The maximum absolute atomic E-state index is 4.25. The molecule has 0 aromatic rings. The summed E-state index contributed by atoms with van der Waals surface area (Å²) in [7, 11) is 6.42. The van der Waals surface area contributed by atoms with E-state index in [9.17, 15) is 0 Å². The molecule has 2 rings (SSSR count). The minimum absolute atomic E-state index is 0.689. The molecule has 0 amide bonds. The Kier molecular flexibility index (Phi) is 3.98. The van der Waals surface area contributed by atoms with E-state index in [4.69, 9.17) is 0 Å². The molecular formula is C13H25N3. The highest BCUT2D eigenvalue weighted by molar-refractivity contribution is 5.61. The quantitative estimate of drug-likeness (QED) is 0.675. The lowest BCUT2D eigenvalue weighted by Crippen LogP contribution is -2.60. The molecule has 0 N–H and O–H groups in total. The van der Waals surface area contributed by atoms with Gasteiger partial charge in [-0.1, -0.05) is 12.8 Å². The first-order valence-corrected chi connectivity index (χ1v) is 6.55. The van der Waals surface area contributed by atoms with E-state index in [0.717, 1.165) is 12.1 Å². The van der Waals surface area contributed by atoms with Gasteiger partial charge in [0.2, 0.25) is 0 Å². The molecule has 16 heavy (non-hydrogen) atoms. The number of likely N-dealkylation sites (N-methyl/N-ethyl adjacent to an activating group) is 2. The number of hydrogen-bond acceptors (Lipinski definition) is 3. The van der Waals surface area contributed by atoms with E-state index >= 15 is 0 Å². The summed E-state index contributed by atoms with van der Waals surface area (Å²) in [5.41, 5.74) is 0. The Morgan fingerprint density at radius 3 is 2.56 bits per heavy atom. The van der Waals surface area contributed by atoms with Crippen LogP contribution in [0.1, 0.15) is 25.7 Å². The molecule has 1 heterocycles. The van der Waals surface area contributed by atoms with Crippen LogP contribution in [0.15, 0.2) is 4.99 Å². The highest BCUT2D eigenvalue weighted by Crippen LogP contribution is 2.29. The zero-order valence-electron chi connectivity index (χ0n) is 10.9. The highest BCUT2D eigenvalue weighted by Gasteiger charge is 2.35. The van der Waals surface area contributed by atoms with Crippen molar-refractivity contribution in [3.05, 3.63) is 0 Å². The third kappa shape index (κ3) is 2.46. The van der Waals surface area contributed by atoms with Gasteiger partial charge in [-0.3, -0.25) is 4.90 Å². The van der Waals surface area contributed by atoms with E-state index in [1.807, 2.05) is 7.05 Å². The van der Waals surface area contributed by atoms with Crippen molar-refractivity contribution in [3.8, 4) is 0 Å². The molecule has 1 saturated heterocycles. The summed E-state index contributed by atoms with van der Waals surface area (Å²) in [6.45, 7) is 2.48. The molecule has 2 atom stereocenters. The molecule has 1 unspecified atom stereocenters. The average molecular weight is 223 g/mol. The number of aliphatic imine (C=N–C) groups is 1. The van der Waals surface area contributed by atoms with E-state index < -0.39 is 0 Å². The molecular weight excluding hydrogens is 198 g/mol. The second kappa shape index (κ2) is 5.28. The lowest BCUT2D eigenvalue weighted by atomic mass is 9.83. The molecule has 1 aliphatic heterocycles. The smallest absolute Gasteiger partial charge is 0.0350 e. The Balaban J connectivity index is 1.94. The molecule has 3 nitrogen and oxygen atoms in total. The summed E-state index contributed by atoms with van der Waals surface area (Å²) in [5, 5.41) is 0. The minimum Gasteiger partial charge on any atom is -0.303 e.